The van der Waals surface area contributed by atoms with Crippen LogP contribution in [0.1, 0.15) is 37.2 Å². The third kappa shape index (κ3) is 3.14. The average Bonchev–Trinajstić information content (AvgIpc) is 3.12. The van der Waals surface area contributed by atoms with Crippen molar-refractivity contribution in [1.29, 1.82) is 0 Å². The number of nitrogens with one attached hydrogen (secondary N) is 2. The van der Waals surface area contributed by atoms with Gasteiger partial charge in [-0.15, -0.1) is 0 Å². The number of nitrogens with zero attached hydrogens (tertiary/aromatic N) is 1. The quantitative estimate of drug-likeness (QED) is 0.707. The zero-order valence-corrected chi connectivity index (χ0v) is 15.9. The lowest BCUT2D eigenvalue weighted by molar-refractivity contribution is -0.125. The van der Waals surface area contributed by atoms with Gasteiger partial charge in [0.15, 0.2) is 5.16 Å². The zero-order chi connectivity index (χ0) is 18.2. The van der Waals surface area contributed by atoms with Crippen molar-refractivity contribution in [3.05, 3.63) is 60.2 Å². The molecule has 1 aliphatic carbocycles. The van der Waals surface area contributed by atoms with Gasteiger partial charge in [-0.2, -0.15) is 0 Å². The molecule has 5 rings (SSSR count). The molecular formula is C22H23N3OS. The van der Waals surface area contributed by atoms with Gasteiger partial charge in [-0.05, 0) is 36.5 Å². The summed E-state index contributed by atoms with van der Waals surface area (Å²) in [5.74, 6) is 0.877. The molecular weight excluding hydrogens is 354 g/mol. The summed E-state index contributed by atoms with van der Waals surface area (Å²) < 4.78 is 0. The van der Waals surface area contributed by atoms with Gasteiger partial charge >= 0.3 is 0 Å². The van der Waals surface area contributed by atoms with Crippen molar-refractivity contribution < 1.29 is 4.79 Å². The van der Waals surface area contributed by atoms with Crippen LogP contribution in [0.3, 0.4) is 0 Å². The number of carbonyl (C=O) groups is 1. The smallest absolute Gasteiger partial charge is 0.234 e. The number of piperidine rings is 1. The van der Waals surface area contributed by atoms with E-state index in [1.165, 1.54) is 24.8 Å². The number of benzene rings is 2. The van der Waals surface area contributed by atoms with Crippen molar-refractivity contribution in [3.63, 3.8) is 0 Å². The predicted molar refractivity (Wildman–Crippen MR) is 109 cm³/mol. The highest BCUT2D eigenvalue weighted by Gasteiger charge is 2.46. The fourth-order valence-corrected chi connectivity index (χ4v) is 5.99. The van der Waals surface area contributed by atoms with E-state index < -0.39 is 0 Å². The van der Waals surface area contributed by atoms with Crippen molar-refractivity contribution in [2.45, 2.75) is 48.0 Å². The van der Waals surface area contributed by atoms with Crippen LogP contribution >= 0.6 is 11.8 Å². The highest BCUT2D eigenvalue weighted by atomic mass is 32.2. The number of fused-ring (bicyclic) bond motifs is 2. The molecule has 2 heterocycles. The number of aromatic amines is 1. The summed E-state index contributed by atoms with van der Waals surface area (Å²) in [6, 6.07) is 18.9. The number of carbonyl (C=O) groups excluding carboxylic acids is 1. The first kappa shape index (κ1) is 16.9. The molecule has 1 amide bonds. The molecule has 27 heavy (non-hydrogen) atoms. The number of H-pyrrole nitrogens is 1. The SMILES string of the molecule is O=C1NC2CCCCC2C(c2ccccc2)C1Sc1nc2ccccc2[nH]1. The van der Waals surface area contributed by atoms with Gasteiger partial charge < -0.3 is 10.3 Å². The Morgan fingerprint density at radius 1 is 0.963 bits per heavy atom. The molecule has 0 bridgehead atoms. The molecule has 2 fully saturated rings. The van der Waals surface area contributed by atoms with Gasteiger partial charge in [0, 0.05) is 12.0 Å². The van der Waals surface area contributed by atoms with Crippen molar-refractivity contribution in [3.8, 4) is 0 Å². The van der Waals surface area contributed by atoms with Crippen molar-refractivity contribution in [1.82, 2.24) is 15.3 Å². The molecule has 0 spiro atoms. The predicted octanol–water partition coefficient (Wildman–Crippen LogP) is 4.50. The van der Waals surface area contributed by atoms with Gasteiger partial charge in [0.2, 0.25) is 5.91 Å². The van der Waals surface area contributed by atoms with Crippen molar-refractivity contribution >= 4 is 28.7 Å². The number of aromatic nitrogens is 2. The van der Waals surface area contributed by atoms with Crippen molar-refractivity contribution in [2.24, 2.45) is 5.92 Å². The van der Waals surface area contributed by atoms with Crippen LogP contribution in [0.4, 0.5) is 0 Å². The Morgan fingerprint density at radius 2 is 1.74 bits per heavy atom. The summed E-state index contributed by atoms with van der Waals surface area (Å²) >= 11 is 1.58. The molecule has 138 valence electrons. The van der Waals surface area contributed by atoms with Crippen LogP contribution in [0, 0.1) is 5.92 Å². The Labute approximate surface area is 163 Å². The van der Waals surface area contributed by atoms with E-state index in [9.17, 15) is 4.79 Å². The summed E-state index contributed by atoms with van der Waals surface area (Å²) in [6.07, 6.45) is 4.75. The monoisotopic (exact) mass is 377 g/mol. The first-order valence-corrected chi connectivity index (χ1v) is 10.6. The first-order chi connectivity index (χ1) is 13.3. The summed E-state index contributed by atoms with van der Waals surface area (Å²) in [5, 5.41) is 3.99. The van der Waals surface area contributed by atoms with Crippen LogP contribution in [0.5, 0.6) is 0 Å². The molecule has 4 nitrogen and oxygen atoms in total. The molecule has 4 unspecified atom stereocenters. The number of hydrogen-bond acceptors (Lipinski definition) is 3. The number of rotatable bonds is 3. The maximum absolute atomic E-state index is 13.1. The normalized spacial score (nSPS) is 27.9. The third-order valence-corrected chi connectivity index (χ3v) is 7.16. The highest BCUT2D eigenvalue weighted by Crippen LogP contribution is 2.46. The minimum absolute atomic E-state index is 0.150. The second kappa shape index (κ2) is 7.04. The lowest BCUT2D eigenvalue weighted by Crippen LogP contribution is -2.55. The van der Waals surface area contributed by atoms with Gasteiger partial charge in [-0.3, -0.25) is 4.79 Å². The number of hydrogen-bond donors (Lipinski definition) is 2. The van der Waals surface area contributed by atoms with E-state index in [1.54, 1.807) is 11.8 Å². The van der Waals surface area contributed by atoms with Gasteiger partial charge in [-0.25, -0.2) is 4.98 Å². The number of amides is 1. The topological polar surface area (TPSA) is 57.8 Å². The van der Waals surface area contributed by atoms with Crippen LogP contribution in [0.15, 0.2) is 59.8 Å². The van der Waals surface area contributed by atoms with E-state index in [4.69, 9.17) is 4.98 Å². The number of imidazole rings is 1. The van der Waals surface area contributed by atoms with Crippen LogP contribution in [-0.2, 0) is 4.79 Å². The number of thioether (sulfide) groups is 1. The van der Waals surface area contributed by atoms with Crippen LogP contribution in [-0.4, -0.2) is 27.2 Å². The molecule has 1 saturated carbocycles. The molecule has 4 atom stereocenters. The fraction of sp³-hybridized carbons (Fsp3) is 0.364. The Balaban J connectivity index is 1.52. The molecule has 1 aromatic heterocycles. The summed E-state index contributed by atoms with van der Waals surface area (Å²) in [7, 11) is 0. The average molecular weight is 378 g/mol. The molecule has 2 aliphatic rings. The van der Waals surface area contributed by atoms with Gasteiger partial charge in [-0.1, -0.05) is 67.1 Å². The largest absolute Gasteiger partial charge is 0.352 e. The molecule has 5 heteroatoms. The standard InChI is InChI=1S/C22H23N3OS/c26-21-20(27-22-24-17-12-6-7-13-18(17)25-22)19(14-8-2-1-3-9-14)15-10-4-5-11-16(15)23-21/h1-3,6-9,12-13,15-16,19-20H,4-5,10-11H2,(H,23,26)(H,24,25). The molecule has 2 aromatic carbocycles. The van der Waals surface area contributed by atoms with E-state index in [-0.39, 0.29) is 17.1 Å². The lowest BCUT2D eigenvalue weighted by Gasteiger charge is -2.45. The second-order valence-corrected chi connectivity index (χ2v) is 8.73. The maximum atomic E-state index is 13.1. The Hall–Kier alpha value is -2.27. The molecule has 1 saturated heterocycles. The molecule has 0 radical (unpaired) electrons. The molecule has 2 N–H and O–H groups in total. The lowest BCUT2D eigenvalue weighted by atomic mass is 9.70. The highest BCUT2D eigenvalue weighted by molar-refractivity contribution is 8.00. The van der Waals surface area contributed by atoms with E-state index in [2.05, 4.69) is 34.6 Å². The van der Waals surface area contributed by atoms with E-state index in [1.807, 2.05) is 30.3 Å². The Morgan fingerprint density at radius 3 is 2.59 bits per heavy atom. The number of para-hydroxylation sites is 2. The zero-order valence-electron chi connectivity index (χ0n) is 15.1. The van der Waals surface area contributed by atoms with E-state index in [0.29, 0.717) is 12.0 Å². The van der Waals surface area contributed by atoms with Crippen LogP contribution < -0.4 is 5.32 Å². The summed E-state index contributed by atoms with van der Waals surface area (Å²) in [6.45, 7) is 0. The van der Waals surface area contributed by atoms with Crippen LogP contribution in [0.2, 0.25) is 0 Å². The first-order valence-electron chi connectivity index (χ1n) is 9.76. The summed E-state index contributed by atoms with van der Waals surface area (Å²) in [5.41, 5.74) is 3.24. The fourth-order valence-electron chi connectivity index (χ4n) is 4.75. The molecule has 1 aliphatic heterocycles. The minimum atomic E-state index is -0.160. The van der Waals surface area contributed by atoms with E-state index in [0.717, 1.165) is 22.6 Å². The van der Waals surface area contributed by atoms with Gasteiger partial charge in [0.05, 0.1) is 16.3 Å². The maximum Gasteiger partial charge on any atom is 0.234 e. The van der Waals surface area contributed by atoms with Gasteiger partial charge in [0.25, 0.3) is 0 Å². The second-order valence-electron chi connectivity index (χ2n) is 7.60. The van der Waals surface area contributed by atoms with Crippen molar-refractivity contribution in [2.75, 3.05) is 0 Å². The van der Waals surface area contributed by atoms with Gasteiger partial charge in [0.1, 0.15) is 0 Å². The van der Waals surface area contributed by atoms with Crippen LogP contribution in [0.25, 0.3) is 11.0 Å². The summed E-state index contributed by atoms with van der Waals surface area (Å²) in [4.78, 5) is 21.2. The third-order valence-electron chi connectivity index (χ3n) is 5.98. The Bertz CT molecular complexity index is 921. The van der Waals surface area contributed by atoms with E-state index >= 15 is 0 Å². The Kier molecular flexibility index (Phi) is 4.40. The minimum Gasteiger partial charge on any atom is -0.352 e. The molecule has 3 aromatic rings.